The van der Waals surface area contributed by atoms with Crippen LogP contribution in [0.1, 0.15) is 28.8 Å². The maximum atomic E-state index is 12.4. The fraction of sp³-hybridized carbons (Fsp3) is 0.250. The maximum Gasteiger partial charge on any atom is 0.277 e. The van der Waals surface area contributed by atoms with Crippen molar-refractivity contribution in [1.82, 2.24) is 15.1 Å². The van der Waals surface area contributed by atoms with E-state index < -0.39 is 0 Å². The van der Waals surface area contributed by atoms with Crippen LogP contribution < -0.4 is 0 Å². The number of nitrogens with zero attached hydrogens (tertiary/aromatic N) is 3. The molecule has 5 nitrogen and oxygen atoms in total. The molecule has 1 saturated heterocycles. The van der Waals surface area contributed by atoms with E-state index in [9.17, 15) is 4.79 Å². The first-order chi connectivity index (χ1) is 13.2. The van der Waals surface area contributed by atoms with Gasteiger partial charge in [-0.25, -0.2) is 0 Å². The molecule has 0 spiro atoms. The van der Waals surface area contributed by atoms with Gasteiger partial charge in [0.2, 0.25) is 5.89 Å². The highest BCUT2D eigenvalue weighted by Gasteiger charge is 2.19. The molecule has 1 aliphatic rings. The summed E-state index contributed by atoms with van der Waals surface area (Å²) in [6, 6.07) is 15.5. The smallest absolute Gasteiger partial charge is 0.277 e. The van der Waals surface area contributed by atoms with Crippen molar-refractivity contribution in [2.75, 3.05) is 13.1 Å². The van der Waals surface area contributed by atoms with E-state index in [-0.39, 0.29) is 5.91 Å². The molecule has 1 fully saturated rings. The van der Waals surface area contributed by atoms with Crippen molar-refractivity contribution in [3.8, 4) is 11.5 Å². The third-order valence-corrected chi connectivity index (χ3v) is 5.87. The van der Waals surface area contributed by atoms with Crippen LogP contribution in [-0.4, -0.2) is 34.1 Å². The molecule has 7 heteroatoms. The van der Waals surface area contributed by atoms with E-state index in [1.165, 1.54) is 11.8 Å². The van der Waals surface area contributed by atoms with Crippen molar-refractivity contribution in [3.05, 3.63) is 64.1 Å². The molecule has 0 atom stereocenters. The Bertz CT molecular complexity index is 919. The number of halogens is 1. The van der Waals surface area contributed by atoms with Gasteiger partial charge >= 0.3 is 0 Å². The Kier molecular flexibility index (Phi) is 5.59. The van der Waals surface area contributed by atoms with Crippen LogP contribution in [-0.2, 0) is 5.75 Å². The third-order valence-electron chi connectivity index (χ3n) is 4.45. The van der Waals surface area contributed by atoms with E-state index in [0.717, 1.165) is 47.1 Å². The van der Waals surface area contributed by atoms with Crippen molar-refractivity contribution >= 4 is 33.6 Å². The summed E-state index contributed by atoms with van der Waals surface area (Å²) in [7, 11) is 0. The Morgan fingerprint density at radius 2 is 1.74 bits per heavy atom. The number of hydrogen-bond donors (Lipinski definition) is 0. The molecule has 0 aliphatic carbocycles. The Labute approximate surface area is 170 Å². The number of benzene rings is 2. The van der Waals surface area contributed by atoms with E-state index in [0.29, 0.717) is 16.9 Å². The molecule has 4 rings (SSSR count). The zero-order valence-electron chi connectivity index (χ0n) is 14.6. The third kappa shape index (κ3) is 4.42. The van der Waals surface area contributed by atoms with Crippen LogP contribution in [0.15, 0.2) is 62.6 Å². The standard InChI is InChI=1S/C20H18BrN3O2S/c21-17-9-7-15(8-10-17)18-22-23-20(26-18)27-13-14-3-5-16(6-4-14)19(25)24-11-1-2-12-24/h3-10H,1-2,11-13H2. The second kappa shape index (κ2) is 8.27. The van der Waals surface area contributed by atoms with E-state index in [1.807, 2.05) is 53.4 Å². The highest BCUT2D eigenvalue weighted by molar-refractivity contribution is 9.10. The van der Waals surface area contributed by atoms with Crippen molar-refractivity contribution in [2.24, 2.45) is 0 Å². The lowest BCUT2D eigenvalue weighted by Crippen LogP contribution is -2.27. The summed E-state index contributed by atoms with van der Waals surface area (Å²) >= 11 is 4.90. The Balaban J connectivity index is 1.36. The second-order valence-corrected chi connectivity index (χ2v) is 8.21. The molecule has 0 unspecified atom stereocenters. The molecule has 2 aromatic carbocycles. The molecule has 3 aromatic rings. The number of hydrogen-bond acceptors (Lipinski definition) is 5. The van der Waals surface area contributed by atoms with Gasteiger partial charge in [-0.3, -0.25) is 4.79 Å². The van der Waals surface area contributed by atoms with Crippen LogP contribution in [0.4, 0.5) is 0 Å². The van der Waals surface area contributed by atoms with Crippen LogP contribution in [0.25, 0.3) is 11.5 Å². The van der Waals surface area contributed by atoms with Gasteiger partial charge in [0.15, 0.2) is 0 Å². The normalized spacial score (nSPS) is 13.9. The predicted octanol–water partition coefficient (Wildman–Crippen LogP) is 5.03. The molecular weight excluding hydrogens is 426 g/mol. The summed E-state index contributed by atoms with van der Waals surface area (Å²) < 4.78 is 6.73. The molecule has 27 heavy (non-hydrogen) atoms. The van der Waals surface area contributed by atoms with Gasteiger partial charge in [-0.2, -0.15) is 0 Å². The summed E-state index contributed by atoms with van der Waals surface area (Å²) in [6.07, 6.45) is 2.21. The number of amides is 1. The largest absolute Gasteiger partial charge is 0.411 e. The Hall–Kier alpha value is -2.12. The van der Waals surface area contributed by atoms with Crippen molar-refractivity contribution < 1.29 is 9.21 Å². The monoisotopic (exact) mass is 443 g/mol. The van der Waals surface area contributed by atoms with Gasteiger partial charge in [-0.1, -0.05) is 39.8 Å². The second-order valence-electron chi connectivity index (χ2n) is 6.36. The van der Waals surface area contributed by atoms with Crippen LogP contribution in [0, 0.1) is 0 Å². The fourth-order valence-electron chi connectivity index (χ4n) is 2.97. The van der Waals surface area contributed by atoms with Crippen molar-refractivity contribution in [3.63, 3.8) is 0 Å². The molecule has 1 aromatic heterocycles. The molecule has 2 heterocycles. The average Bonchev–Trinajstić information content (AvgIpc) is 3.39. The number of rotatable bonds is 5. The Morgan fingerprint density at radius 3 is 2.44 bits per heavy atom. The van der Waals surface area contributed by atoms with E-state index in [2.05, 4.69) is 26.1 Å². The minimum atomic E-state index is 0.128. The quantitative estimate of drug-likeness (QED) is 0.517. The minimum absolute atomic E-state index is 0.128. The lowest BCUT2D eigenvalue weighted by atomic mass is 10.1. The highest BCUT2D eigenvalue weighted by atomic mass is 79.9. The molecule has 1 aliphatic heterocycles. The van der Waals surface area contributed by atoms with Crippen LogP contribution in [0.2, 0.25) is 0 Å². The summed E-state index contributed by atoms with van der Waals surface area (Å²) in [6.45, 7) is 1.74. The molecule has 0 bridgehead atoms. The SMILES string of the molecule is O=C(c1ccc(CSc2nnc(-c3ccc(Br)cc3)o2)cc1)N1CCCC1. The number of carbonyl (C=O) groups is 1. The van der Waals surface area contributed by atoms with E-state index in [1.54, 1.807) is 0 Å². The zero-order chi connectivity index (χ0) is 18.6. The minimum Gasteiger partial charge on any atom is -0.411 e. The van der Waals surface area contributed by atoms with Gasteiger partial charge in [-0.05, 0) is 54.8 Å². The first kappa shape index (κ1) is 18.3. The maximum absolute atomic E-state index is 12.4. The zero-order valence-corrected chi connectivity index (χ0v) is 17.0. The van der Waals surface area contributed by atoms with Crippen LogP contribution >= 0.6 is 27.7 Å². The first-order valence-corrected chi connectivity index (χ1v) is 10.6. The summed E-state index contributed by atoms with van der Waals surface area (Å²) in [5.41, 5.74) is 2.75. The van der Waals surface area contributed by atoms with Crippen molar-refractivity contribution in [2.45, 2.75) is 23.8 Å². The highest BCUT2D eigenvalue weighted by Crippen LogP contribution is 2.26. The molecule has 1 amide bonds. The number of thioether (sulfide) groups is 1. The van der Waals surface area contributed by atoms with Crippen LogP contribution in [0.3, 0.4) is 0 Å². The molecule has 0 radical (unpaired) electrons. The predicted molar refractivity (Wildman–Crippen MR) is 109 cm³/mol. The summed E-state index contributed by atoms with van der Waals surface area (Å²) in [5.74, 6) is 1.35. The lowest BCUT2D eigenvalue weighted by Gasteiger charge is -2.15. The van der Waals surface area contributed by atoms with Crippen molar-refractivity contribution in [1.29, 1.82) is 0 Å². The molecular formula is C20H18BrN3O2S. The fourth-order valence-corrected chi connectivity index (χ4v) is 3.95. The van der Waals surface area contributed by atoms with Gasteiger partial charge in [0.05, 0.1) is 0 Å². The van der Waals surface area contributed by atoms with Gasteiger partial charge in [0.25, 0.3) is 11.1 Å². The van der Waals surface area contributed by atoms with Gasteiger partial charge in [-0.15, -0.1) is 10.2 Å². The van der Waals surface area contributed by atoms with Gasteiger partial charge in [0.1, 0.15) is 0 Å². The van der Waals surface area contributed by atoms with E-state index in [4.69, 9.17) is 4.42 Å². The lowest BCUT2D eigenvalue weighted by molar-refractivity contribution is 0.0793. The Morgan fingerprint density at radius 1 is 1.04 bits per heavy atom. The first-order valence-electron chi connectivity index (χ1n) is 8.79. The number of likely N-dealkylation sites (tertiary alicyclic amines) is 1. The summed E-state index contributed by atoms with van der Waals surface area (Å²) in [4.78, 5) is 14.3. The van der Waals surface area contributed by atoms with Crippen LogP contribution in [0.5, 0.6) is 0 Å². The average molecular weight is 444 g/mol. The topological polar surface area (TPSA) is 59.2 Å². The molecule has 0 saturated carbocycles. The van der Waals surface area contributed by atoms with Gasteiger partial charge < -0.3 is 9.32 Å². The summed E-state index contributed by atoms with van der Waals surface area (Å²) in [5, 5.41) is 8.74. The number of aromatic nitrogens is 2. The van der Waals surface area contributed by atoms with E-state index >= 15 is 0 Å². The number of carbonyl (C=O) groups excluding carboxylic acids is 1. The molecule has 0 N–H and O–H groups in total. The molecule has 138 valence electrons. The van der Waals surface area contributed by atoms with Gasteiger partial charge in [0, 0.05) is 34.4 Å².